The van der Waals surface area contributed by atoms with Crippen LogP contribution in [0.2, 0.25) is 0 Å². The Balaban J connectivity index is 2.37. The summed E-state index contributed by atoms with van der Waals surface area (Å²) in [4.78, 5) is 3.70. The molecular weight excluding hydrogens is 436 g/mol. The van der Waals surface area contributed by atoms with Gasteiger partial charge in [0.1, 0.15) is 12.4 Å². The molecule has 0 aromatic carbocycles. The lowest BCUT2D eigenvalue weighted by Crippen LogP contribution is -2.41. The Hall–Kier alpha value is -0.790. The Morgan fingerprint density at radius 3 is 1.33 bits per heavy atom. The van der Waals surface area contributed by atoms with Gasteiger partial charge in [0.15, 0.2) is 0 Å². The highest BCUT2D eigenvalue weighted by atomic mass is 15.1. The van der Waals surface area contributed by atoms with Crippen LogP contribution in [-0.4, -0.2) is 4.98 Å². The van der Waals surface area contributed by atoms with Crippen molar-refractivity contribution in [1.82, 2.24) is 4.98 Å². The summed E-state index contributed by atoms with van der Waals surface area (Å²) in [6, 6.07) is 0.623. The third-order valence-electron chi connectivity index (χ3n) is 8.39. The van der Waals surface area contributed by atoms with E-state index >= 15 is 0 Å². The molecule has 36 heavy (non-hydrogen) atoms. The van der Waals surface area contributed by atoms with Crippen LogP contribution >= 0.6 is 0 Å². The third-order valence-corrected chi connectivity index (χ3v) is 8.39. The number of aromatic nitrogens is 2. The summed E-state index contributed by atoms with van der Waals surface area (Å²) in [6.45, 7) is 9.39. The third kappa shape index (κ3) is 16.9. The molecule has 0 bridgehead atoms. The molecule has 0 aliphatic rings. The van der Waals surface area contributed by atoms with E-state index in [-0.39, 0.29) is 0 Å². The molecule has 0 amide bonds. The van der Waals surface area contributed by atoms with Gasteiger partial charge in [-0.3, -0.25) is 0 Å². The van der Waals surface area contributed by atoms with E-state index in [9.17, 15) is 0 Å². The Morgan fingerprint density at radius 2 is 0.889 bits per heavy atom. The van der Waals surface area contributed by atoms with Gasteiger partial charge in [-0.15, -0.1) is 0 Å². The number of nitrogens with zero attached hydrogens (tertiary/aromatic N) is 1. The van der Waals surface area contributed by atoms with Gasteiger partial charge in [0, 0.05) is 0 Å². The molecule has 0 radical (unpaired) electrons. The van der Waals surface area contributed by atoms with E-state index in [2.05, 4.69) is 49.6 Å². The maximum atomic E-state index is 3.70. The summed E-state index contributed by atoms with van der Waals surface area (Å²) in [5.74, 6) is 2.24. The fraction of sp³-hybridized carbons (Fsp3) is 0.912. The molecule has 1 rings (SSSR count). The number of hydrogen-bond donors (Lipinski definition) is 1. The van der Waals surface area contributed by atoms with Gasteiger partial charge in [0.2, 0.25) is 0 Å². The van der Waals surface area contributed by atoms with Crippen molar-refractivity contribution in [3.8, 4) is 0 Å². The van der Waals surface area contributed by atoms with Crippen LogP contribution in [0, 0.1) is 0 Å². The summed E-state index contributed by atoms with van der Waals surface area (Å²) < 4.78 is 2.61. The molecule has 212 valence electrons. The molecule has 2 unspecified atom stereocenters. The molecule has 1 aromatic rings. The number of aromatic amines is 1. The molecule has 1 N–H and O–H groups in total. The van der Waals surface area contributed by atoms with Crippen LogP contribution in [0.25, 0.3) is 0 Å². The Labute approximate surface area is 227 Å². The first-order valence-electron chi connectivity index (χ1n) is 16.8. The summed E-state index contributed by atoms with van der Waals surface area (Å²) in [7, 11) is 0. The minimum absolute atomic E-state index is 0.623. The van der Waals surface area contributed by atoms with E-state index in [4.69, 9.17) is 0 Å². The molecule has 1 aromatic heterocycles. The van der Waals surface area contributed by atoms with Gasteiger partial charge in [0.25, 0.3) is 5.82 Å². The number of hydrogen-bond acceptors (Lipinski definition) is 0. The van der Waals surface area contributed by atoms with Crippen LogP contribution < -0.4 is 4.57 Å². The van der Waals surface area contributed by atoms with Crippen molar-refractivity contribution in [2.45, 2.75) is 200 Å². The van der Waals surface area contributed by atoms with E-state index in [0.29, 0.717) is 12.0 Å². The normalized spacial score (nSPS) is 13.3. The van der Waals surface area contributed by atoms with E-state index in [1.54, 1.807) is 0 Å². The smallest absolute Gasteiger partial charge is 0.247 e. The lowest BCUT2D eigenvalue weighted by molar-refractivity contribution is -0.727. The zero-order chi connectivity index (χ0) is 26.1. The average molecular weight is 504 g/mol. The van der Waals surface area contributed by atoms with Crippen LogP contribution in [0.1, 0.15) is 206 Å². The average Bonchev–Trinajstić information content (AvgIpc) is 3.38. The van der Waals surface area contributed by atoms with Crippen LogP contribution in [0.4, 0.5) is 0 Å². The topological polar surface area (TPSA) is 19.7 Å². The summed E-state index contributed by atoms with van der Waals surface area (Å²) in [5, 5.41) is 0. The fourth-order valence-electron chi connectivity index (χ4n) is 5.90. The number of H-pyrrole nitrogens is 1. The summed E-state index contributed by atoms with van der Waals surface area (Å²) in [5.41, 5.74) is 0. The fourth-order valence-corrected chi connectivity index (χ4v) is 5.90. The lowest BCUT2D eigenvalue weighted by atomic mass is 9.93. The SMILES string of the molecule is CCCCCCCCCCCCCCC(CCCCCC)c1[nH]cc[n+]1C(C)CCCCCCCC. The van der Waals surface area contributed by atoms with Gasteiger partial charge in [0.05, 0.1) is 12.0 Å². The lowest BCUT2D eigenvalue weighted by Gasteiger charge is -2.17. The predicted molar refractivity (Wildman–Crippen MR) is 161 cm³/mol. The summed E-state index contributed by atoms with van der Waals surface area (Å²) >= 11 is 0. The Kier molecular flexibility index (Phi) is 22.7. The highest BCUT2D eigenvalue weighted by Crippen LogP contribution is 2.27. The van der Waals surface area contributed by atoms with Crippen molar-refractivity contribution in [2.75, 3.05) is 0 Å². The molecule has 2 heteroatoms. The minimum atomic E-state index is 0.623. The van der Waals surface area contributed by atoms with E-state index in [0.717, 1.165) is 0 Å². The molecule has 2 atom stereocenters. The van der Waals surface area contributed by atoms with E-state index in [1.807, 2.05) is 0 Å². The van der Waals surface area contributed by atoms with Crippen molar-refractivity contribution < 1.29 is 4.57 Å². The number of imidazole rings is 1. The predicted octanol–water partition coefficient (Wildman–Crippen LogP) is 11.8. The van der Waals surface area contributed by atoms with Gasteiger partial charge < -0.3 is 0 Å². The number of unbranched alkanes of at least 4 members (excludes halogenated alkanes) is 19. The standard InChI is InChI=1S/C34H66N2/c1-5-8-11-14-16-17-18-19-20-21-23-26-29-33(28-25-13-10-7-3)34-35-30-31-36(34)32(4)27-24-22-15-12-9-6-2/h30-33H,5-29H2,1-4H3/p+1. The molecule has 0 saturated heterocycles. The first kappa shape index (κ1) is 33.2. The first-order valence-corrected chi connectivity index (χ1v) is 16.8. The quantitative estimate of drug-likeness (QED) is 0.0909. The van der Waals surface area contributed by atoms with Crippen LogP contribution in [0.15, 0.2) is 12.4 Å². The highest BCUT2D eigenvalue weighted by molar-refractivity contribution is 4.90. The van der Waals surface area contributed by atoms with Crippen LogP contribution in [0.3, 0.4) is 0 Å². The number of rotatable bonds is 27. The molecule has 1 heterocycles. The van der Waals surface area contributed by atoms with Crippen molar-refractivity contribution in [3.63, 3.8) is 0 Å². The monoisotopic (exact) mass is 504 g/mol. The zero-order valence-electron chi connectivity index (χ0n) is 25.4. The Morgan fingerprint density at radius 1 is 0.528 bits per heavy atom. The molecule has 0 aliphatic heterocycles. The van der Waals surface area contributed by atoms with E-state index in [1.165, 1.54) is 166 Å². The first-order chi connectivity index (χ1) is 17.7. The Bertz CT molecular complexity index is 563. The second kappa shape index (κ2) is 24.5. The van der Waals surface area contributed by atoms with Crippen molar-refractivity contribution in [3.05, 3.63) is 18.2 Å². The van der Waals surface area contributed by atoms with Gasteiger partial charge in [-0.25, -0.2) is 9.55 Å². The molecule has 0 spiro atoms. The zero-order valence-corrected chi connectivity index (χ0v) is 25.4. The molecule has 0 saturated carbocycles. The van der Waals surface area contributed by atoms with Crippen molar-refractivity contribution in [2.24, 2.45) is 0 Å². The number of nitrogens with one attached hydrogen (secondary N) is 1. The maximum absolute atomic E-state index is 3.70. The van der Waals surface area contributed by atoms with Gasteiger partial charge >= 0.3 is 0 Å². The molecular formula is C34H67N2+. The van der Waals surface area contributed by atoms with E-state index < -0.39 is 0 Å². The molecule has 2 nitrogen and oxygen atoms in total. The van der Waals surface area contributed by atoms with Crippen molar-refractivity contribution in [1.29, 1.82) is 0 Å². The highest BCUT2D eigenvalue weighted by Gasteiger charge is 2.25. The maximum Gasteiger partial charge on any atom is 0.257 e. The molecule has 0 fully saturated rings. The second-order valence-corrected chi connectivity index (χ2v) is 11.9. The van der Waals surface area contributed by atoms with Gasteiger partial charge in [-0.1, -0.05) is 156 Å². The molecule has 0 aliphatic carbocycles. The minimum Gasteiger partial charge on any atom is -0.247 e. The van der Waals surface area contributed by atoms with Crippen molar-refractivity contribution >= 4 is 0 Å². The van der Waals surface area contributed by atoms with Crippen LogP contribution in [-0.2, 0) is 0 Å². The van der Waals surface area contributed by atoms with Gasteiger partial charge in [-0.05, 0) is 32.6 Å². The van der Waals surface area contributed by atoms with Gasteiger partial charge in [-0.2, -0.15) is 0 Å². The second-order valence-electron chi connectivity index (χ2n) is 11.9. The largest absolute Gasteiger partial charge is 0.257 e. The van der Waals surface area contributed by atoms with Crippen LogP contribution in [0.5, 0.6) is 0 Å². The summed E-state index contributed by atoms with van der Waals surface area (Å²) in [6.07, 6.45) is 39.8.